The lowest BCUT2D eigenvalue weighted by atomic mass is 9.95. The number of likely N-dealkylation sites (tertiary alicyclic amines) is 1. The number of hydrogen-bond donors (Lipinski definition) is 1. The van der Waals surface area contributed by atoms with Gasteiger partial charge in [-0.2, -0.15) is 11.3 Å². The molecule has 2 amide bonds. The minimum Gasteiger partial charge on any atom is -0.338 e. The van der Waals surface area contributed by atoms with E-state index in [0.29, 0.717) is 36.6 Å². The number of thiazole rings is 1. The van der Waals surface area contributed by atoms with Gasteiger partial charge in [-0.25, -0.2) is 9.97 Å². The van der Waals surface area contributed by atoms with E-state index in [2.05, 4.69) is 31.2 Å². The Labute approximate surface area is 185 Å². The largest absolute Gasteiger partial charge is 0.338 e. The first-order chi connectivity index (χ1) is 14.0. The van der Waals surface area contributed by atoms with Crippen molar-refractivity contribution in [2.24, 2.45) is 5.92 Å². The lowest BCUT2D eigenvalue weighted by molar-refractivity contribution is -0.121. The number of amides is 2. The number of halogens is 1. The second-order valence-electron chi connectivity index (χ2n) is 6.86. The van der Waals surface area contributed by atoms with Crippen LogP contribution in [0, 0.1) is 12.8 Å². The van der Waals surface area contributed by atoms with E-state index < -0.39 is 0 Å². The van der Waals surface area contributed by atoms with Gasteiger partial charge in [-0.15, -0.1) is 11.3 Å². The summed E-state index contributed by atoms with van der Waals surface area (Å²) in [5, 5.41) is 7.79. The highest BCUT2D eigenvalue weighted by atomic mass is 79.9. The Balaban J connectivity index is 1.36. The molecule has 0 aliphatic carbocycles. The first-order valence-electron chi connectivity index (χ1n) is 9.23. The van der Waals surface area contributed by atoms with E-state index in [-0.39, 0.29) is 17.7 Å². The molecular formula is C20H19BrN4O2S2. The van der Waals surface area contributed by atoms with E-state index in [1.807, 2.05) is 34.7 Å². The van der Waals surface area contributed by atoms with Crippen LogP contribution in [0.2, 0.25) is 0 Å². The predicted octanol–water partition coefficient (Wildman–Crippen LogP) is 4.83. The first-order valence-corrected chi connectivity index (χ1v) is 11.8. The number of carbonyl (C=O) groups excluding carboxylic acids is 2. The van der Waals surface area contributed by atoms with Gasteiger partial charge in [0.1, 0.15) is 15.7 Å². The van der Waals surface area contributed by atoms with Crippen LogP contribution in [-0.2, 0) is 4.79 Å². The zero-order chi connectivity index (χ0) is 20.4. The van der Waals surface area contributed by atoms with Gasteiger partial charge in [-0.3, -0.25) is 9.59 Å². The number of anilines is 1. The quantitative estimate of drug-likeness (QED) is 0.568. The summed E-state index contributed by atoms with van der Waals surface area (Å²) < 4.78 is 0.864. The lowest BCUT2D eigenvalue weighted by Crippen LogP contribution is -2.41. The number of carbonyl (C=O) groups is 2. The number of aromatic nitrogens is 2. The van der Waals surface area contributed by atoms with Gasteiger partial charge in [0.15, 0.2) is 0 Å². The van der Waals surface area contributed by atoms with Crippen LogP contribution in [0.1, 0.15) is 28.2 Å². The second-order valence-corrected chi connectivity index (χ2v) is 9.56. The third kappa shape index (κ3) is 4.57. The van der Waals surface area contributed by atoms with Crippen molar-refractivity contribution in [3.05, 3.63) is 50.2 Å². The SMILES string of the molecule is Cc1nc(-c2ccsc2)sc1C(=O)N1CCC(C(=O)Nc2ccc(Br)cn2)CC1. The molecule has 0 bridgehead atoms. The van der Waals surface area contributed by atoms with Gasteiger partial charge in [0.25, 0.3) is 5.91 Å². The smallest absolute Gasteiger partial charge is 0.265 e. The Morgan fingerprint density at radius 3 is 2.69 bits per heavy atom. The molecule has 1 fully saturated rings. The standard InChI is InChI=1S/C20H19BrN4O2S2/c1-12-17(29-19(23-12)14-6-9-28-11-14)20(27)25-7-4-13(5-8-25)18(26)24-16-3-2-15(21)10-22-16/h2-3,6,9-11,13H,4-5,7-8H2,1H3,(H,22,24,26). The van der Waals surface area contributed by atoms with Gasteiger partial charge in [-0.05, 0) is 59.3 Å². The van der Waals surface area contributed by atoms with Crippen LogP contribution in [0.3, 0.4) is 0 Å². The minimum absolute atomic E-state index is 0.00918. The first kappa shape index (κ1) is 20.2. The van der Waals surface area contributed by atoms with Crippen molar-refractivity contribution in [1.82, 2.24) is 14.9 Å². The van der Waals surface area contributed by atoms with Crippen LogP contribution in [0.15, 0.2) is 39.6 Å². The Morgan fingerprint density at radius 1 is 1.24 bits per heavy atom. The van der Waals surface area contributed by atoms with Gasteiger partial charge >= 0.3 is 0 Å². The van der Waals surface area contributed by atoms with Gasteiger partial charge in [0, 0.05) is 40.6 Å². The maximum atomic E-state index is 13.0. The molecule has 9 heteroatoms. The molecule has 1 aliphatic rings. The number of aryl methyl sites for hydroxylation is 1. The van der Waals surface area contributed by atoms with Crippen molar-refractivity contribution in [2.75, 3.05) is 18.4 Å². The number of nitrogens with one attached hydrogen (secondary N) is 1. The Kier molecular flexibility index (Phi) is 6.07. The van der Waals surface area contributed by atoms with Crippen molar-refractivity contribution >= 4 is 56.2 Å². The molecule has 3 aromatic heterocycles. The van der Waals surface area contributed by atoms with E-state index in [9.17, 15) is 9.59 Å². The van der Waals surface area contributed by atoms with Crippen LogP contribution in [0.5, 0.6) is 0 Å². The van der Waals surface area contributed by atoms with Crippen LogP contribution in [0.25, 0.3) is 10.6 Å². The second kappa shape index (κ2) is 8.73. The maximum absolute atomic E-state index is 13.0. The van der Waals surface area contributed by atoms with Crippen molar-refractivity contribution in [3.63, 3.8) is 0 Å². The molecule has 29 heavy (non-hydrogen) atoms. The molecule has 150 valence electrons. The van der Waals surface area contributed by atoms with Gasteiger partial charge in [0.05, 0.1) is 5.69 Å². The summed E-state index contributed by atoms with van der Waals surface area (Å²) >= 11 is 6.39. The molecule has 4 heterocycles. The highest BCUT2D eigenvalue weighted by Gasteiger charge is 2.29. The number of nitrogens with zero attached hydrogens (tertiary/aromatic N) is 3. The highest BCUT2D eigenvalue weighted by molar-refractivity contribution is 9.10. The summed E-state index contributed by atoms with van der Waals surface area (Å²) in [6.07, 6.45) is 2.94. The summed E-state index contributed by atoms with van der Waals surface area (Å²) in [5.41, 5.74) is 1.82. The molecule has 1 saturated heterocycles. The van der Waals surface area contributed by atoms with Gasteiger partial charge in [-0.1, -0.05) is 0 Å². The fraction of sp³-hybridized carbons (Fsp3) is 0.300. The molecule has 0 aromatic carbocycles. The molecule has 0 atom stereocenters. The number of thiophene rings is 1. The van der Waals surface area contributed by atoms with Crippen molar-refractivity contribution < 1.29 is 9.59 Å². The van der Waals surface area contributed by atoms with E-state index in [1.54, 1.807) is 23.6 Å². The molecule has 4 rings (SSSR count). The molecule has 0 unspecified atom stereocenters. The molecule has 1 aliphatic heterocycles. The van der Waals surface area contributed by atoms with Gasteiger partial charge < -0.3 is 10.2 Å². The van der Waals surface area contributed by atoms with Crippen molar-refractivity contribution in [2.45, 2.75) is 19.8 Å². The summed E-state index contributed by atoms with van der Waals surface area (Å²) in [7, 11) is 0. The number of piperidine rings is 1. The fourth-order valence-corrected chi connectivity index (χ4v) is 5.25. The zero-order valence-corrected chi connectivity index (χ0v) is 18.9. The normalized spacial score (nSPS) is 14.8. The van der Waals surface area contributed by atoms with Crippen LogP contribution in [0.4, 0.5) is 5.82 Å². The van der Waals surface area contributed by atoms with Crippen LogP contribution < -0.4 is 5.32 Å². The number of pyridine rings is 1. The highest BCUT2D eigenvalue weighted by Crippen LogP contribution is 2.31. The van der Waals surface area contributed by atoms with E-state index in [0.717, 1.165) is 20.7 Å². The third-order valence-corrected chi connectivity index (χ3v) is 7.24. The Morgan fingerprint density at radius 2 is 2.03 bits per heavy atom. The average molecular weight is 491 g/mol. The van der Waals surface area contributed by atoms with Crippen molar-refractivity contribution in [1.29, 1.82) is 0 Å². The van der Waals surface area contributed by atoms with E-state index in [4.69, 9.17) is 0 Å². The molecule has 0 saturated carbocycles. The Hall–Kier alpha value is -2.10. The predicted molar refractivity (Wildman–Crippen MR) is 119 cm³/mol. The molecule has 1 N–H and O–H groups in total. The molecule has 6 nitrogen and oxygen atoms in total. The number of hydrogen-bond acceptors (Lipinski definition) is 6. The molecular weight excluding hydrogens is 472 g/mol. The third-order valence-electron chi connectivity index (χ3n) is 4.89. The lowest BCUT2D eigenvalue weighted by Gasteiger charge is -2.31. The summed E-state index contributed by atoms with van der Waals surface area (Å²) in [6, 6.07) is 5.62. The summed E-state index contributed by atoms with van der Waals surface area (Å²) in [4.78, 5) is 36.8. The Bertz CT molecular complexity index is 1010. The fourth-order valence-electron chi connectivity index (χ4n) is 3.27. The zero-order valence-electron chi connectivity index (χ0n) is 15.7. The number of rotatable bonds is 4. The van der Waals surface area contributed by atoms with E-state index >= 15 is 0 Å². The maximum Gasteiger partial charge on any atom is 0.265 e. The average Bonchev–Trinajstić information content (AvgIpc) is 3.39. The topological polar surface area (TPSA) is 75.2 Å². The summed E-state index contributed by atoms with van der Waals surface area (Å²) in [5.74, 6) is 0.391. The van der Waals surface area contributed by atoms with Crippen LogP contribution in [-0.4, -0.2) is 39.8 Å². The van der Waals surface area contributed by atoms with Crippen LogP contribution >= 0.6 is 38.6 Å². The molecule has 0 radical (unpaired) electrons. The minimum atomic E-state index is -0.117. The molecule has 0 spiro atoms. The van der Waals surface area contributed by atoms with E-state index in [1.165, 1.54) is 11.3 Å². The molecule has 3 aromatic rings. The van der Waals surface area contributed by atoms with Crippen molar-refractivity contribution in [3.8, 4) is 10.6 Å². The monoisotopic (exact) mass is 490 g/mol. The summed E-state index contributed by atoms with van der Waals surface area (Å²) in [6.45, 7) is 3.01. The van der Waals surface area contributed by atoms with Gasteiger partial charge in [0.2, 0.25) is 5.91 Å².